The molecule has 0 radical (unpaired) electrons. The zero-order valence-electron chi connectivity index (χ0n) is 10.7. The lowest BCUT2D eigenvalue weighted by atomic mass is 9.87. The summed E-state index contributed by atoms with van der Waals surface area (Å²) in [4.78, 5) is 12.2. The molecule has 1 amide bonds. The van der Waals surface area contributed by atoms with Crippen LogP contribution in [0.2, 0.25) is 0 Å². The average Bonchev–Trinajstić information content (AvgIpc) is 2.97. The molecule has 0 bridgehead atoms. The van der Waals surface area contributed by atoms with Gasteiger partial charge in [-0.1, -0.05) is 12.8 Å². The summed E-state index contributed by atoms with van der Waals surface area (Å²) in [6.45, 7) is 1.85. The van der Waals surface area contributed by atoms with Crippen molar-refractivity contribution in [2.45, 2.75) is 38.6 Å². The van der Waals surface area contributed by atoms with Crippen LogP contribution >= 0.6 is 0 Å². The van der Waals surface area contributed by atoms with Gasteiger partial charge >= 0.3 is 0 Å². The van der Waals surface area contributed by atoms with Crippen LogP contribution in [0.25, 0.3) is 0 Å². The van der Waals surface area contributed by atoms with Crippen LogP contribution in [-0.4, -0.2) is 20.7 Å². The third-order valence-electron chi connectivity index (χ3n) is 3.59. The van der Waals surface area contributed by atoms with E-state index < -0.39 is 5.41 Å². The van der Waals surface area contributed by atoms with Gasteiger partial charge in [-0.05, 0) is 19.8 Å². The van der Waals surface area contributed by atoms with Crippen LogP contribution in [0.15, 0.2) is 6.33 Å². The Bertz CT molecular complexity index is 481. The molecule has 2 rings (SSSR count). The van der Waals surface area contributed by atoms with Crippen LogP contribution in [0.4, 0.5) is 0 Å². The standard InChI is InChI=1S/C12H17N5O/c1-9(10-16-14-8-17(10)2)15-11(18)12(7-13)5-3-4-6-12/h8-9H,3-6H2,1-2H3,(H,15,18). The van der Waals surface area contributed by atoms with Crippen LogP contribution in [0, 0.1) is 16.7 Å². The Morgan fingerprint density at radius 2 is 2.28 bits per heavy atom. The first-order chi connectivity index (χ1) is 8.59. The topological polar surface area (TPSA) is 83.6 Å². The maximum Gasteiger partial charge on any atom is 0.241 e. The average molecular weight is 247 g/mol. The minimum absolute atomic E-state index is 0.182. The van der Waals surface area contributed by atoms with Gasteiger partial charge < -0.3 is 9.88 Å². The second-order valence-electron chi connectivity index (χ2n) is 4.90. The number of nitriles is 1. The van der Waals surface area contributed by atoms with Gasteiger partial charge in [-0.15, -0.1) is 10.2 Å². The maximum absolute atomic E-state index is 12.2. The molecule has 1 N–H and O–H groups in total. The van der Waals surface area contributed by atoms with E-state index in [9.17, 15) is 10.1 Å². The zero-order chi connectivity index (χ0) is 13.2. The number of aromatic nitrogens is 3. The van der Waals surface area contributed by atoms with Gasteiger partial charge in [-0.3, -0.25) is 4.79 Å². The highest BCUT2D eigenvalue weighted by Gasteiger charge is 2.42. The molecule has 0 saturated heterocycles. The number of nitrogens with one attached hydrogen (secondary N) is 1. The van der Waals surface area contributed by atoms with Crippen molar-refractivity contribution in [2.24, 2.45) is 12.5 Å². The molecule has 1 aromatic heterocycles. The first-order valence-electron chi connectivity index (χ1n) is 6.15. The van der Waals surface area contributed by atoms with Crippen molar-refractivity contribution in [1.82, 2.24) is 20.1 Å². The van der Waals surface area contributed by atoms with Crippen LogP contribution in [0.5, 0.6) is 0 Å². The summed E-state index contributed by atoms with van der Waals surface area (Å²) in [7, 11) is 1.83. The molecule has 0 spiro atoms. The Kier molecular flexibility index (Phi) is 3.32. The number of hydrogen-bond acceptors (Lipinski definition) is 4. The number of nitrogens with zero attached hydrogens (tertiary/aromatic N) is 4. The van der Waals surface area contributed by atoms with Gasteiger partial charge in [0, 0.05) is 7.05 Å². The van der Waals surface area contributed by atoms with E-state index in [0.717, 1.165) is 12.8 Å². The van der Waals surface area contributed by atoms with E-state index in [1.165, 1.54) is 0 Å². The van der Waals surface area contributed by atoms with E-state index in [2.05, 4.69) is 21.6 Å². The summed E-state index contributed by atoms with van der Waals surface area (Å²) >= 11 is 0. The number of rotatable bonds is 3. The maximum atomic E-state index is 12.2. The largest absolute Gasteiger partial charge is 0.345 e. The monoisotopic (exact) mass is 247 g/mol. The Balaban J connectivity index is 2.08. The van der Waals surface area contributed by atoms with Crippen LogP contribution in [0.3, 0.4) is 0 Å². The van der Waals surface area contributed by atoms with E-state index in [4.69, 9.17) is 0 Å². The molecule has 1 aliphatic rings. The predicted molar refractivity (Wildman–Crippen MR) is 64.1 cm³/mol. The van der Waals surface area contributed by atoms with E-state index in [-0.39, 0.29) is 11.9 Å². The van der Waals surface area contributed by atoms with Gasteiger partial charge in [-0.2, -0.15) is 5.26 Å². The third-order valence-corrected chi connectivity index (χ3v) is 3.59. The highest BCUT2D eigenvalue weighted by atomic mass is 16.2. The van der Waals surface area contributed by atoms with E-state index in [0.29, 0.717) is 18.7 Å². The molecule has 1 unspecified atom stereocenters. The van der Waals surface area contributed by atoms with E-state index in [1.807, 2.05) is 14.0 Å². The number of aryl methyl sites for hydroxylation is 1. The molecule has 0 aromatic carbocycles. The van der Waals surface area contributed by atoms with Crippen molar-refractivity contribution in [1.29, 1.82) is 5.26 Å². The minimum atomic E-state index is -0.840. The lowest BCUT2D eigenvalue weighted by molar-refractivity contribution is -0.128. The summed E-state index contributed by atoms with van der Waals surface area (Å²) in [5.74, 6) is 0.507. The molecule has 96 valence electrons. The quantitative estimate of drug-likeness (QED) is 0.866. The van der Waals surface area contributed by atoms with E-state index >= 15 is 0 Å². The molecule has 1 saturated carbocycles. The van der Waals surface area contributed by atoms with Gasteiger partial charge in [0.25, 0.3) is 0 Å². The predicted octanol–water partition coefficient (Wildman–Crippen LogP) is 1.08. The summed E-state index contributed by atoms with van der Waals surface area (Å²) in [5, 5.41) is 19.9. The molecule has 6 heteroatoms. The van der Waals surface area contributed by atoms with Crippen molar-refractivity contribution in [3.63, 3.8) is 0 Å². The van der Waals surface area contributed by atoms with Crippen LogP contribution in [0.1, 0.15) is 44.5 Å². The van der Waals surface area contributed by atoms with Crippen molar-refractivity contribution >= 4 is 5.91 Å². The Morgan fingerprint density at radius 1 is 1.61 bits per heavy atom. The summed E-state index contributed by atoms with van der Waals surface area (Å²) in [6.07, 6.45) is 4.79. The van der Waals surface area contributed by atoms with Gasteiger partial charge in [0.2, 0.25) is 5.91 Å². The zero-order valence-corrected chi connectivity index (χ0v) is 10.7. The lowest BCUT2D eigenvalue weighted by Crippen LogP contribution is -2.40. The van der Waals surface area contributed by atoms with Crippen molar-refractivity contribution in [3.8, 4) is 6.07 Å². The minimum Gasteiger partial charge on any atom is -0.345 e. The molecule has 1 aliphatic carbocycles. The van der Waals surface area contributed by atoms with Crippen LogP contribution in [-0.2, 0) is 11.8 Å². The van der Waals surface area contributed by atoms with Crippen molar-refractivity contribution < 1.29 is 4.79 Å². The molecular weight excluding hydrogens is 230 g/mol. The van der Waals surface area contributed by atoms with Gasteiger partial charge in [0.05, 0.1) is 12.1 Å². The molecule has 1 fully saturated rings. The smallest absolute Gasteiger partial charge is 0.241 e. The van der Waals surface area contributed by atoms with Gasteiger partial charge in [0.1, 0.15) is 11.7 Å². The Labute approximate surface area is 106 Å². The highest BCUT2D eigenvalue weighted by molar-refractivity contribution is 5.85. The molecule has 1 aromatic rings. The fourth-order valence-corrected chi connectivity index (χ4v) is 2.45. The number of carbonyl (C=O) groups is 1. The fraction of sp³-hybridized carbons (Fsp3) is 0.667. The van der Waals surface area contributed by atoms with Gasteiger partial charge in [0.15, 0.2) is 5.82 Å². The number of carbonyl (C=O) groups excluding carboxylic acids is 1. The summed E-state index contributed by atoms with van der Waals surface area (Å²) < 4.78 is 1.76. The molecule has 6 nitrogen and oxygen atoms in total. The lowest BCUT2D eigenvalue weighted by Gasteiger charge is -2.22. The SMILES string of the molecule is CC(NC(=O)C1(C#N)CCCC1)c1nncn1C. The van der Waals surface area contributed by atoms with Crippen molar-refractivity contribution in [2.75, 3.05) is 0 Å². The van der Waals surface area contributed by atoms with Crippen LogP contribution < -0.4 is 5.32 Å². The second-order valence-corrected chi connectivity index (χ2v) is 4.90. The molecule has 1 atom stereocenters. The normalized spacial score (nSPS) is 19.2. The second kappa shape index (κ2) is 4.77. The fourth-order valence-electron chi connectivity index (χ4n) is 2.45. The van der Waals surface area contributed by atoms with Crippen molar-refractivity contribution in [3.05, 3.63) is 12.2 Å². The Morgan fingerprint density at radius 3 is 2.78 bits per heavy atom. The van der Waals surface area contributed by atoms with Gasteiger partial charge in [-0.25, -0.2) is 0 Å². The third kappa shape index (κ3) is 2.08. The molecule has 0 aliphatic heterocycles. The first kappa shape index (κ1) is 12.6. The summed E-state index contributed by atoms with van der Waals surface area (Å²) in [5.41, 5.74) is -0.840. The molecule has 18 heavy (non-hydrogen) atoms. The number of hydrogen-bond donors (Lipinski definition) is 1. The van der Waals surface area contributed by atoms with E-state index in [1.54, 1.807) is 10.9 Å². The highest BCUT2D eigenvalue weighted by Crippen LogP contribution is 2.38. The number of amides is 1. The molecular formula is C12H17N5O. The first-order valence-corrected chi connectivity index (χ1v) is 6.15. The summed E-state index contributed by atoms with van der Waals surface area (Å²) in [6, 6.07) is 1.95. The molecule has 1 heterocycles. The Hall–Kier alpha value is -1.90.